The van der Waals surface area contributed by atoms with Crippen LogP contribution in [0.5, 0.6) is 5.75 Å². The third kappa shape index (κ3) is 4.76. The van der Waals surface area contributed by atoms with Crippen molar-refractivity contribution in [2.24, 2.45) is 0 Å². The van der Waals surface area contributed by atoms with E-state index in [0.29, 0.717) is 24.9 Å². The van der Waals surface area contributed by atoms with Crippen molar-refractivity contribution >= 4 is 23.2 Å². The van der Waals surface area contributed by atoms with Crippen molar-refractivity contribution in [2.75, 3.05) is 0 Å². The first kappa shape index (κ1) is 21.3. The summed E-state index contributed by atoms with van der Waals surface area (Å²) in [7, 11) is 0. The van der Waals surface area contributed by atoms with E-state index in [1.807, 2.05) is 0 Å². The van der Waals surface area contributed by atoms with Crippen LogP contribution in [0.3, 0.4) is 0 Å². The van der Waals surface area contributed by atoms with Crippen molar-refractivity contribution in [1.29, 1.82) is 0 Å². The molecule has 4 nitrogen and oxygen atoms in total. The minimum absolute atomic E-state index is 0. The molecule has 3 aromatic rings. The van der Waals surface area contributed by atoms with E-state index in [4.69, 9.17) is 4.74 Å². The van der Waals surface area contributed by atoms with Crippen LogP contribution in [0.4, 0.5) is 17.6 Å². The summed E-state index contributed by atoms with van der Waals surface area (Å²) in [5.74, 6) is -0.181. The molecule has 1 aliphatic carbocycles. The zero-order chi connectivity index (χ0) is 19.7. The summed E-state index contributed by atoms with van der Waals surface area (Å²) in [6.07, 6.45) is 1.98. The number of pyridine rings is 2. The summed E-state index contributed by atoms with van der Waals surface area (Å²) >= 11 is 0. The third-order valence-electron chi connectivity index (χ3n) is 4.88. The lowest BCUT2D eigenvalue weighted by Crippen LogP contribution is -2.46. The molecule has 0 radical (unpaired) electrons. The van der Waals surface area contributed by atoms with Crippen LogP contribution in [-0.4, -0.2) is 22.1 Å². The quantitative estimate of drug-likeness (QED) is 0.588. The Labute approximate surface area is 170 Å². The van der Waals surface area contributed by atoms with Gasteiger partial charge in [0.25, 0.3) is 0 Å². The van der Waals surface area contributed by atoms with E-state index in [1.54, 1.807) is 24.5 Å². The molecular formula is C20H18ClF4N3O. The number of nitrogens with zero attached hydrogens (tertiary/aromatic N) is 2. The topological polar surface area (TPSA) is 47.0 Å². The highest BCUT2D eigenvalue weighted by Crippen LogP contribution is 2.32. The standard InChI is InChI=1S/C20H17F4N3O.ClH/c21-19-2-1-12-8-25-4-3-17(12)18(19)11-27-14-6-15(7-14)28-16-5-13(9-26-10-16)20(22,23)24;/h1-5,8-10,14-15,27H,6-7,11H2;1H. The van der Waals surface area contributed by atoms with Gasteiger partial charge in [-0.15, -0.1) is 12.4 Å². The number of benzene rings is 1. The van der Waals surface area contributed by atoms with Crippen molar-refractivity contribution < 1.29 is 22.3 Å². The molecule has 1 saturated carbocycles. The van der Waals surface area contributed by atoms with Gasteiger partial charge in [-0.3, -0.25) is 9.97 Å². The van der Waals surface area contributed by atoms with Crippen LogP contribution in [0, 0.1) is 5.82 Å². The van der Waals surface area contributed by atoms with Crippen molar-refractivity contribution in [1.82, 2.24) is 15.3 Å². The van der Waals surface area contributed by atoms with Crippen LogP contribution in [0.2, 0.25) is 0 Å². The molecule has 0 bridgehead atoms. The molecule has 1 fully saturated rings. The molecule has 0 saturated heterocycles. The van der Waals surface area contributed by atoms with Crippen LogP contribution in [0.1, 0.15) is 24.0 Å². The van der Waals surface area contributed by atoms with Gasteiger partial charge in [0.2, 0.25) is 0 Å². The van der Waals surface area contributed by atoms with Gasteiger partial charge in [-0.05, 0) is 42.5 Å². The van der Waals surface area contributed by atoms with Gasteiger partial charge in [0.05, 0.1) is 11.8 Å². The summed E-state index contributed by atoms with van der Waals surface area (Å²) in [5.41, 5.74) is -0.258. The molecular weight excluding hydrogens is 410 g/mol. The van der Waals surface area contributed by atoms with Gasteiger partial charge in [0, 0.05) is 42.1 Å². The van der Waals surface area contributed by atoms with Gasteiger partial charge >= 0.3 is 6.18 Å². The van der Waals surface area contributed by atoms with E-state index < -0.39 is 11.7 Å². The number of hydrogen-bond donors (Lipinski definition) is 1. The SMILES string of the molecule is Cl.Fc1ccc2cnccc2c1CNC1CC(Oc2cncc(C(F)(F)F)c2)C1. The second kappa shape index (κ2) is 8.51. The zero-order valence-electron chi connectivity index (χ0n) is 15.1. The number of rotatable bonds is 5. The molecule has 0 atom stereocenters. The van der Waals surface area contributed by atoms with Crippen molar-refractivity contribution in [2.45, 2.75) is 37.7 Å². The Morgan fingerprint density at radius 3 is 2.62 bits per heavy atom. The highest BCUT2D eigenvalue weighted by molar-refractivity contribution is 5.85. The molecule has 4 rings (SSSR count). The fourth-order valence-corrected chi connectivity index (χ4v) is 3.29. The molecule has 9 heteroatoms. The first-order valence-corrected chi connectivity index (χ1v) is 8.83. The molecule has 154 valence electrons. The number of aromatic nitrogens is 2. The second-order valence-corrected chi connectivity index (χ2v) is 6.82. The summed E-state index contributed by atoms with van der Waals surface area (Å²) in [6, 6.07) is 5.96. The van der Waals surface area contributed by atoms with Crippen LogP contribution in [0.15, 0.2) is 49.1 Å². The average Bonchev–Trinajstić information content (AvgIpc) is 2.64. The van der Waals surface area contributed by atoms with E-state index in [1.165, 1.54) is 12.3 Å². The van der Waals surface area contributed by atoms with Crippen molar-refractivity contribution in [3.05, 3.63) is 66.0 Å². The van der Waals surface area contributed by atoms with Gasteiger partial charge in [-0.2, -0.15) is 13.2 Å². The number of nitrogens with one attached hydrogen (secondary N) is 1. The molecule has 0 unspecified atom stereocenters. The minimum Gasteiger partial charge on any atom is -0.489 e. The number of fused-ring (bicyclic) bond motifs is 1. The Kier molecular flexibility index (Phi) is 6.24. The predicted octanol–water partition coefficient (Wildman–Crippen LogP) is 4.91. The normalized spacial score (nSPS) is 18.8. The van der Waals surface area contributed by atoms with E-state index in [0.717, 1.165) is 23.0 Å². The highest BCUT2D eigenvalue weighted by atomic mass is 35.5. The van der Waals surface area contributed by atoms with E-state index in [9.17, 15) is 17.6 Å². The summed E-state index contributed by atoms with van der Waals surface area (Å²) < 4.78 is 58.0. The highest BCUT2D eigenvalue weighted by Gasteiger charge is 2.33. The van der Waals surface area contributed by atoms with Gasteiger partial charge in [0.15, 0.2) is 0 Å². The monoisotopic (exact) mass is 427 g/mol. The summed E-state index contributed by atoms with van der Waals surface area (Å²) in [4.78, 5) is 7.63. The number of alkyl halides is 3. The fraction of sp³-hybridized carbons (Fsp3) is 0.300. The first-order valence-electron chi connectivity index (χ1n) is 8.83. The molecule has 2 aromatic heterocycles. The van der Waals surface area contributed by atoms with Crippen molar-refractivity contribution in [3.63, 3.8) is 0 Å². The first-order chi connectivity index (χ1) is 13.4. The van der Waals surface area contributed by atoms with E-state index in [-0.39, 0.29) is 36.1 Å². The lowest BCUT2D eigenvalue weighted by Gasteiger charge is -2.36. The summed E-state index contributed by atoms with van der Waals surface area (Å²) in [5, 5.41) is 4.96. The fourth-order valence-electron chi connectivity index (χ4n) is 3.29. The van der Waals surface area contributed by atoms with Crippen LogP contribution in [-0.2, 0) is 12.7 Å². The lowest BCUT2D eigenvalue weighted by atomic mass is 9.89. The van der Waals surface area contributed by atoms with Crippen LogP contribution in [0.25, 0.3) is 10.8 Å². The Bertz CT molecular complexity index is 993. The Morgan fingerprint density at radius 1 is 1.07 bits per heavy atom. The Hall–Kier alpha value is -2.45. The van der Waals surface area contributed by atoms with Crippen LogP contribution < -0.4 is 10.1 Å². The maximum absolute atomic E-state index is 14.2. The molecule has 1 N–H and O–H groups in total. The van der Waals surface area contributed by atoms with Crippen molar-refractivity contribution in [3.8, 4) is 5.75 Å². The van der Waals surface area contributed by atoms with Crippen LogP contribution >= 0.6 is 12.4 Å². The lowest BCUT2D eigenvalue weighted by molar-refractivity contribution is -0.138. The molecule has 1 aromatic carbocycles. The van der Waals surface area contributed by atoms with E-state index >= 15 is 0 Å². The molecule has 29 heavy (non-hydrogen) atoms. The molecule has 1 aliphatic rings. The molecule has 0 amide bonds. The predicted molar refractivity (Wildman–Crippen MR) is 102 cm³/mol. The van der Waals surface area contributed by atoms with Gasteiger partial charge < -0.3 is 10.1 Å². The second-order valence-electron chi connectivity index (χ2n) is 6.82. The molecule has 0 aliphatic heterocycles. The smallest absolute Gasteiger partial charge is 0.418 e. The summed E-state index contributed by atoms with van der Waals surface area (Å²) in [6.45, 7) is 0.357. The minimum atomic E-state index is -4.45. The maximum atomic E-state index is 14.2. The largest absolute Gasteiger partial charge is 0.489 e. The number of halogens is 5. The Balaban J connectivity index is 0.00000240. The van der Waals surface area contributed by atoms with Gasteiger partial charge in [-0.25, -0.2) is 4.39 Å². The third-order valence-corrected chi connectivity index (χ3v) is 4.88. The maximum Gasteiger partial charge on any atom is 0.418 e. The Morgan fingerprint density at radius 2 is 1.86 bits per heavy atom. The molecule has 2 heterocycles. The number of hydrogen-bond acceptors (Lipinski definition) is 4. The molecule has 0 spiro atoms. The van der Waals surface area contributed by atoms with E-state index in [2.05, 4.69) is 15.3 Å². The van der Waals surface area contributed by atoms with Gasteiger partial charge in [-0.1, -0.05) is 0 Å². The number of ether oxygens (including phenoxy) is 1. The van der Waals surface area contributed by atoms with Gasteiger partial charge in [0.1, 0.15) is 17.7 Å². The zero-order valence-corrected chi connectivity index (χ0v) is 15.9. The average molecular weight is 428 g/mol.